The van der Waals surface area contributed by atoms with E-state index in [2.05, 4.69) is 50.8 Å². The van der Waals surface area contributed by atoms with Gasteiger partial charge in [0.15, 0.2) is 0 Å². The summed E-state index contributed by atoms with van der Waals surface area (Å²) in [7, 11) is 0. The van der Waals surface area contributed by atoms with Crippen LogP contribution >= 0.6 is 0 Å². The Balaban J connectivity index is 2.21. The van der Waals surface area contributed by atoms with Gasteiger partial charge >= 0.3 is 0 Å². The molecule has 0 bridgehead atoms. The van der Waals surface area contributed by atoms with Gasteiger partial charge in [0.25, 0.3) is 0 Å². The molecule has 17 heavy (non-hydrogen) atoms. The smallest absolute Gasteiger partial charge is 0.142 e. The highest BCUT2D eigenvalue weighted by molar-refractivity contribution is 5.54. The van der Waals surface area contributed by atoms with E-state index >= 15 is 0 Å². The molecule has 1 saturated heterocycles. The summed E-state index contributed by atoms with van der Waals surface area (Å²) in [5, 5.41) is 0. The molecule has 0 unspecified atom stereocenters. The average Bonchev–Trinajstić information content (AvgIpc) is 2.11. The van der Waals surface area contributed by atoms with Crippen LogP contribution < -0.4 is 4.90 Å². The van der Waals surface area contributed by atoms with Crippen molar-refractivity contribution in [2.24, 2.45) is 0 Å². The van der Waals surface area contributed by atoms with E-state index in [1.807, 2.05) is 0 Å². The Hall–Kier alpha value is -1.05. The second-order valence-corrected chi connectivity index (χ2v) is 6.52. The monoisotopic (exact) mass is 235 g/mol. The Kier molecular flexibility index (Phi) is 2.72. The van der Waals surface area contributed by atoms with Crippen LogP contribution in [0.3, 0.4) is 0 Å². The average molecular weight is 235 g/mol. The molecule has 0 spiro atoms. The van der Waals surface area contributed by atoms with Crippen LogP contribution in [0.15, 0.2) is 18.2 Å². The maximum Gasteiger partial charge on any atom is 0.142 e. The molecule has 0 aliphatic carbocycles. The van der Waals surface area contributed by atoms with Gasteiger partial charge in [0, 0.05) is 5.69 Å². The molecule has 2 heteroatoms. The normalized spacial score (nSPS) is 19.1. The Bertz CT molecular complexity index is 421. The third-order valence-corrected chi connectivity index (χ3v) is 3.42. The molecule has 0 saturated carbocycles. The first-order chi connectivity index (χ1) is 7.69. The first kappa shape index (κ1) is 12.4. The number of hydrogen-bond acceptors (Lipinski definition) is 1. The van der Waals surface area contributed by atoms with Gasteiger partial charge in [-0.2, -0.15) is 0 Å². The van der Waals surface area contributed by atoms with E-state index in [9.17, 15) is 4.39 Å². The Morgan fingerprint density at radius 3 is 2.24 bits per heavy atom. The number of benzene rings is 1. The predicted molar refractivity (Wildman–Crippen MR) is 71.6 cm³/mol. The quantitative estimate of drug-likeness (QED) is 0.715. The van der Waals surface area contributed by atoms with Crippen LogP contribution in [0.2, 0.25) is 0 Å². The summed E-state index contributed by atoms with van der Waals surface area (Å²) >= 11 is 0. The van der Waals surface area contributed by atoms with Crippen LogP contribution in [0, 0.1) is 6.92 Å². The minimum atomic E-state index is -1.00. The molecule has 2 rings (SSSR count). The fourth-order valence-electron chi connectivity index (χ4n) is 2.62. The van der Waals surface area contributed by atoms with Gasteiger partial charge in [-0.05, 0) is 42.5 Å². The third-order valence-electron chi connectivity index (χ3n) is 3.42. The van der Waals surface area contributed by atoms with Crippen molar-refractivity contribution in [2.75, 3.05) is 18.0 Å². The molecule has 1 aliphatic heterocycles. The summed E-state index contributed by atoms with van der Waals surface area (Å²) in [5.41, 5.74) is 2.97. The molecule has 0 aromatic heterocycles. The molecular formula is C15H22FN. The van der Waals surface area contributed by atoms with E-state index in [4.69, 9.17) is 0 Å². The van der Waals surface area contributed by atoms with Gasteiger partial charge in [-0.15, -0.1) is 0 Å². The Morgan fingerprint density at radius 2 is 1.82 bits per heavy atom. The molecule has 1 aromatic carbocycles. The van der Waals surface area contributed by atoms with Crippen molar-refractivity contribution in [1.82, 2.24) is 0 Å². The number of nitrogens with zero attached hydrogens (tertiary/aromatic N) is 1. The molecule has 0 atom stereocenters. The molecule has 0 amide bonds. The highest BCUT2D eigenvalue weighted by Crippen LogP contribution is 2.33. The number of alkyl halides is 1. The van der Waals surface area contributed by atoms with Crippen LogP contribution in [0.25, 0.3) is 0 Å². The lowest BCUT2D eigenvalue weighted by Gasteiger charge is -2.44. The zero-order chi connectivity index (χ0) is 12.8. The fourth-order valence-corrected chi connectivity index (χ4v) is 2.62. The maximum absolute atomic E-state index is 13.5. The topological polar surface area (TPSA) is 3.24 Å². The predicted octanol–water partition coefficient (Wildman–Crippen LogP) is 3.84. The summed E-state index contributed by atoms with van der Waals surface area (Å²) in [4.78, 5) is 2.10. The van der Waals surface area contributed by atoms with E-state index in [-0.39, 0.29) is 5.41 Å². The summed E-state index contributed by atoms with van der Waals surface area (Å²) in [5.74, 6) is 0. The van der Waals surface area contributed by atoms with E-state index in [1.54, 1.807) is 6.92 Å². The Morgan fingerprint density at radius 1 is 1.24 bits per heavy atom. The number of rotatable bonds is 1. The van der Waals surface area contributed by atoms with E-state index in [0.29, 0.717) is 13.1 Å². The summed E-state index contributed by atoms with van der Waals surface area (Å²) < 4.78 is 13.5. The van der Waals surface area contributed by atoms with E-state index in [1.165, 1.54) is 11.1 Å². The van der Waals surface area contributed by atoms with Gasteiger partial charge in [0.05, 0.1) is 13.1 Å². The molecule has 0 radical (unpaired) electrons. The minimum absolute atomic E-state index is 0.173. The largest absolute Gasteiger partial charge is 0.365 e. The van der Waals surface area contributed by atoms with Crippen LogP contribution in [0.4, 0.5) is 10.1 Å². The first-order valence-electron chi connectivity index (χ1n) is 6.24. The van der Waals surface area contributed by atoms with Gasteiger partial charge < -0.3 is 4.90 Å². The molecule has 1 heterocycles. The van der Waals surface area contributed by atoms with Crippen LogP contribution in [0.1, 0.15) is 38.8 Å². The maximum atomic E-state index is 13.5. The van der Waals surface area contributed by atoms with Gasteiger partial charge in [-0.1, -0.05) is 26.8 Å². The van der Waals surface area contributed by atoms with Crippen LogP contribution in [-0.2, 0) is 5.41 Å². The van der Waals surface area contributed by atoms with Crippen molar-refractivity contribution < 1.29 is 4.39 Å². The lowest BCUT2D eigenvalue weighted by atomic mass is 9.83. The third kappa shape index (κ3) is 2.46. The lowest BCUT2D eigenvalue weighted by molar-refractivity contribution is 0.144. The molecule has 1 nitrogen and oxygen atoms in total. The number of halogens is 1. The standard InChI is InChI=1S/C15H22FN/c1-11-8-12(17-9-15(5,16)10-17)6-7-13(11)14(2,3)4/h6-8H,9-10H2,1-5H3. The Labute approximate surface area is 104 Å². The van der Waals surface area contributed by atoms with Crippen molar-refractivity contribution in [3.8, 4) is 0 Å². The fraction of sp³-hybridized carbons (Fsp3) is 0.600. The van der Waals surface area contributed by atoms with E-state index < -0.39 is 5.67 Å². The molecule has 1 aliphatic rings. The van der Waals surface area contributed by atoms with Gasteiger partial charge in [0.2, 0.25) is 0 Å². The molecule has 1 fully saturated rings. The van der Waals surface area contributed by atoms with Crippen LogP contribution in [-0.4, -0.2) is 18.8 Å². The van der Waals surface area contributed by atoms with Crippen molar-refractivity contribution in [3.63, 3.8) is 0 Å². The first-order valence-corrected chi connectivity index (χ1v) is 6.24. The highest BCUT2D eigenvalue weighted by Gasteiger charge is 2.38. The van der Waals surface area contributed by atoms with Crippen molar-refractivity contribution in [2.45, 2.75) is 45.7 Å². The zero-order valence-electron chi connectivity index (χ0n) is 11.5. The molecule has 0 N–H and O–H groups in total. The SMILES string of the molecule is Cc1cc(N2CC(C)(F)C2)ccc1C(C)(C)C. The molecule has 94 valence electrons. The second kappa shape index (κ2) is 3.72. The summed E-state index contributed by atoms with van der Waals surface area (Å²) in [6.07, 6.45) is 0. The van der Waals surface area contributed by atoms with Gasteiger partial charge in [-0.3, -0.25) is 0 Å². The molecular weight excluding hydrogens is 213 g/mol. The number of aryl methyl sites for hydroxylation is 1. The summed E-state index contributed by atoms with van der Waals surface area (Å²) in [6, 6.07) is 6.47. The second-order valence-electron chi connectivity index (χ2n) is 6.52. The van der Waals surface area contributed by atoms with Crippen molar-refractivity contribution in [1.29, 1.82) is 0 Å². The highest BCUT2D eigenvalue weighted by atomic mass is 19.1. The zero-order valence-corrected chi connectivity index (χ0v) is 11.5. The molecule has 1 aromatic rings. The van der Waals surface area contributed by atoms with Crippen molar-refractivity contribution >= 4 is 5.69 Å². The number of anilines is 1. The number of hydrogen-bond donors (Lipinski definition) is 0. The van der Waals surface area contributed by atoms with E-state index in [0.717, 1.165) is 5.69 Å². The van der Waals surface area contributed by atoms with Crippen LogP contribution in [0.5, 0.6) is 0 Å². The van der Waals surface area contributed by atoms with Gasteiger partial charge in [0.1, 0.15) is 5.67 Å². The lowest BCUT2D eigenvalue weighted by Crippen LogP contribution is -2.57. The van der Waals surface area contributed by atoms with Crippen molar-refractivity contribution in [3.05, 3.63) is 29.3 Å². The minimum Gasteiger partial charge on any atom is -0.365 e. The van der Waals surface area contributed by atoms with Gasteiger partial charge in [-0.25, -0.2) is 4.39 Å². The summed E-state index contributed by atoms with van der Waals surface area (Å²) in [6.45, 7) is 11.5.